The van der Waals surface area contributed by atoms with Crippen molar-refractivity contribution in [2.24, 2.45) is 0 Å². The van der Waals surface area contributed by atoms with Crippen LogP contribution >= 0.6 is 0 Å². The molecule has 110 valence electrons. The molecule has 0 aliphatic heterocycles. The van der Waals surface area contributed by atoms with Gasteiger partial charge in [-0.1, -0.05) is 30.3 Å². The molecule has 1 N–H and O–H groups in total. The molecule has 0 spiro atoms. The van der Waals surface area contributed by atoms with Crippen molar-refractivity contribution < 1.29 is 14.3 Å². The minimum absolute atomic E-state index is 0.266. The number of nitrogens with zero attached hydrogens (tertiary/aromatic N) is 1. The molecule has 5 nitrogen and oxygen atoms in total. The van der Waals surface area contributed by atoms with E-state index in [9.17, 15) is 4.79 Å². The average Bonchev–Trinajstić information content (AvgIpc) is 2.51. The highest BCUT2D eigenvalue weighted by atomic mass is 16.5. The van der Waals surface area contributed by atoms with Crippen LogP contribution in [0.4, 0.5) is 5.69 Å². The Morgan fingerprint density at radius 3 is 2.67 bits per heavy atom. The fraction of sp³-hybridized carbons (Fsp3) is 0.250. The fourth-order valence-electron chi connectivity index (χ4n) is 1.96. The summed E-state index contributed by atoms with van der Waals surface area (Å²) in [6.45, 7) is 2.34. The first-order valence-corrected chi connectivity index (χ1v) is 6.72. The number of hydrogen-bond donors (Lipinski definition) is 1. The molecule has 21 heavy (non-hydrogen) atoms. The van der Waals surface area contributed by atoms with Gasteiger partial charge in [0, 0.05) is 13.3 Å². The molecule has 0 unspecified atom stereocenters. The second kappa shape index (κ2) is 7.40. The molecule has 5 heteroatoms. The number of carbonyl (C=O) groups is 1. The number of ether oxygens (including phenoxy) is 2. The maximum Gasteiger partial charge on any atom is 0.258 e. The lowest BCUT2D eigenvalue weighted by molar-refractivity contribution is -0.126. The standard InChI is InChI=1S/C16H18N2O3/c1-3-21-16-13(10-7-11-17-16)18-15(19)14(20-2)12-8-5-4-6-9-12/h4-11,14H,3H2,1-2H3,(H,18,19)/t14-/m0/s1. The van der Waals surface area contributed by atoms with Gasteiger partial charge in [0.2, 0.25) is 5.88 Å². The first kappa shape index (κ1) is 15.0. The van der Waals surface area contributed by atoms with Gasteiger partial charge in [0.15, 0.2) is 6.10 Å². The van der Waals surface area contributed by atoms with Crippen LogP contribution < -0.4 is 10.1 Å². The fourth-order valence-corrected chi connectivity index (χ4v) is 1.96. The van der Waals surface area contributed by atoms with Crippen LogP contribution in [0.1, 0.15) is 18.6 Å². The van der Waals surface area contributed by atoms with E-state index in [1.807, 2.05) is 37.3 Å². The molecule has 0 aliphatic rings. The number of rotatable bonds is 6. The maximum atomic E-state index is 12.4. The summed E-state index contributed by atoms with van der Waals surface area (Å²) in [7, 11) is 1.50. The summed E-state index contributed by atoms with van der Waals surface area (Å²) in [4.78, 5) is 16.5. The number of aromatic nitrogens is 1. The quantitative estimate of drug-likeness (QED) is 0.887. The van der Waals surface area contributed by atoms with Crippen LogP contribution in [0.15, 0.2) is 48.7 Å². The zero-order valence-corrected chi connectivity index (χ0v) is 12.1. The van der Waals surface area contributed by atoms with Gasteiger partial charge in [-0.2, -0.15) is 0 Å². The van der Waals surface area contributed by atoms with Gasteiger partial charge in [0.25, 0.3) is 5.91 Å². The van der Waals surface area contributed by atoms with Gasteiger partial charge >= 0.3 is 0 Å². The van der Waals surface area contributed by atoms with E-state index >= 15 is 0 Å². The number of methoxy groups -OCH3 is 1. The molecule has 0 aliphatic carbocycles. The molecular formula is C16H18N2O3. The SMILES string of the molecule is CCOc1ncccc1NC(=O)[C@@H](OC)c1ccccc1. The molecule has 1 aromatic heterocycles. The topological polar surface area (TPSA) is 60.5 Å². The van der Waals surface area contributed by atoms with Crippen LogP contribution in [0.3, 0.4) is 0 Å². The number of hydrogen-bond acceptors (Lipinski definition) is 4. The number of amides is 1. The lowest BCUT2D eigenvalue weighted by atomic mass is 10.1. The molecule has 0 saturated carbocycles. The summed E-state index contributed by atoms with van der Waals surface area (Å²) in [6, 6.07) is 12.8. The monoisotopic (exact) mass is 286 g/mol. The highest BCUT2D eigenvalue weighted by molar-refractivity contribution is 5.95. The first-order valence-electron chi connectivity index (χ1n) is 6.72. The van der Waals surface area contributed by atoms with Crippen LogP contribution in [0.25, 0.3) is 0 Å². The summed E-state index contributed by atoms with van der Waals surface area (Å²) in [5.74, 6) is 0.133. The van der Waals surface area contributed by atoms with Gasteiger partial charge in [0.05, 0.1) is 6.61 Å². The highest BCUT2D eigenvalue weighted by Gasteiger charge is 2.21. The van der Waals surface area contributed by atoms with E-state index in [4.69, 9.17) is 9.47 Å². The molecule has 2 aromatic rings. The van der Waals surface area contributed by atoms with Crippen molar-refractivity contribution >= 4 is 11.6 Å². The highest BCUT2D eigenvalue weighted by Crippen LogP contribution is 2.24. The predicted octanol–water partition coefficient (Wildman–Crippen LogP) is 2.81. The molecule has 1 heterocycles. The third-order valence-electron chi connectivity index (χ3n) is 2.89. The van der Waals surface area contributed by atoms with Crippen molar-refractivity contribution in [1.82, 2.24) is 4.98 Å². The first-order chi connectivity index (χ1) is 10.3. The summed E-state index contributed by atoms with van der Waals surface area (Å²) in [6.07, 6.45) is 0.937. The largest absolute Gasteiger partial charge is 0.476 e. The van der Waals surface area contributed by atoms with Gasteiger partial charge in [0.1, 0.15) is 5.69 Å². The van der Waals surface area contributed by atoms with Crippen LogP contribution in [0.2, 0.25) is 0 Å². The van der Waals surface area contributed by atoms with Gasteiger partial charge in [-0.25, -0.2) is 4.98 Å². The smallest absolute Gasteiger partial charge is 0.258 e. The molecule has 1 aromatic carbocycles. The van der Waals surface area contributed by atoms with Gasteiger partial charge < -0.3 is 14.8 Å². The molecule has 2 rings (SSSR count). The Bertz CT molecular complexity index is 587. The molecular weight excluding hydrogens is 268 g/mol. The van der Waals surface area contributed by atoms with E-state index in [-0.39, 0.29) is 5.91 Å². The van der Waals surface area contributed by atoms with Crippen molar-refractivity contribution in [1.29, 1.82) is 0 Å². The Kier molecular flexibility index (Phi) is 5.29. The number of anilines is 1. The minimum Gasteiger partial charge on any atom is -0.476 e. The Morgan fingerprint density at radius 2 is 2.00 bits per heavy atom. The van der Waals surface area contributed by atoms with Gasteiger partial charge in [-0.05, 0) is 24.6 Å². The van der Waals surface area contributed by atoms with Crippen molar-refractivity contribution in [2.45, 2.75) is 13.0 Å². The average molecular weight is 286 g/mol. The van der Waals surface area contributed by atoms with Crippen molar-refractivity contribution in [3.8, 4) is 5.88 Å². The predicted molar refractivity (Wildman–Crippen MR) is 80.2 cm³/mol. The molecule has 1 amide bonds. The van der Waals surface area contributed by atoms with Crippen LogP contribution in [-0.2, 0) is 9.53 Å². The maximum absolute atomic E-state index is 12.4. The van der Waals surface area contributed by atoms with Gasteiger partial charge in [-0.3, -0.25) is 4.79 Å². The number of nitrogens with one attached hydrogen (secondary N) is 1. The summed E-state index contributed by atoms with van der Waals surface area (Å²) in [5, 5.41) is 2.79. The van der Waals surface area contributed by atoms with E-state index in [2.05, 4.69) is 10.3 Å². The van der Waals surface area contributed by atoms with Crippen LogP contribution in [0, 0.1) is 0 Å². The molecule has 0 radical (unpaired) electrons. The van der Waals surface area contributed by atoms with E-state index in [1.165, 1.54) is 7.11 Å². The van der Waals surface area contributed by atoms with Crippen LogP contribution in [-0.4, -0.2) is 24.6 Å². The number of pyridine rings is 1. The summed E-state index contributed by atoms with van der Waals surface area (Å²) in [5.41, 5.74) is 1.32. The lowest BCUT2D eigenvalue weighted by Gasteiger charge is -2.16. The number of benzene rings is 1. The van der Waals surface area contributed by atoms with Crippen molar-refractivity contribution in [3.63, 3.8) is 0 Å². The van der Waals surface area contributed by atoms with E-state index < -0.39 is 6.10 Å². The van der Waals surface area contributed by atoms with E-state index in [0.29, 0.717) is 18.2 Å². The van der Waals surface area contributed by atoms with Crippen molar-refractivity contribution in [2.75, 3.05) is 19.0 Å². The Balaban J connectivity index is 2.17. The molecule has 0 bridgehead atoms. The van der Waals surface area contributed by atoms with Crippen LogP contribution in [0.5, 0.6) is 5.88 Å². The molecule has 1 atom stereocenters. The zero-order chi connectivity index (χ0) is 15.1. The summed E-state index contributed by atoms with van der Waals surface area (Å²) >= 11 is 0. The molecule has 0 saturated heterocycles. The third kappa shape index (κ3) is 3.79. The summed E-state index contributed by atoms with van der Waals surface area (Å²) < 4.78 is 10.7. The Labute approximate surface area is 123 Å². The lowest BCUT2D eigenvalue weighted by Crippen LogP contribution is -2.23. The van der Waals surface area contributed by atoms with Crippen molar-refractivity contribution in [3.05, 3.63) is 54.2 Å². The minimum atomic E-state index is -0.680. The Morgan fingerprint density at radius 1 is 1.24 bits per heavy atom. The van der Waals surface area contributed by atoms with Gasteiger partial charge in [-0.15, -0.1) is 0 Å². The van der Waals surface area contributed by atoms with E-state index in [0.717, 1.165) is 5.56 Å². The second-order valence-electron chi connectivity index (χ2n) is 4.30. The second-order valence-corrected chi connectivity index (χ2v) is 4.30. The normalized spacial score (nSPS) is 11.7. The zero-order valence-electron chi connectivity index (χ0n) is 12.1. The Hall–Kier alpha value is -2.40. The van der Waals surface area contributed by atoms with E-state index in [1.54, 1.807) is 18.3 Å². The third-order valence-corrected chi connectivity index (χ3v) is 2.89. The molecule has 0 fully saturated rings. The number of carbonyl (C=O) groups excluding carboxylic acids is 1.